The fraction of sp³-hybridized carbons (Fsp3) is 0.438. The Morgan fingerprint density at radius 1 is 1.24 bits per heavy atom. The van der Waals surface area contributed by atoms with Crippen molar-refractivity contribution in [2.45, 2.75) is 25.7 Å². The van der Waals surface area contributed by atoms with Gasteiger partial charge in [0.1, 0.15) is 0 Å². The van der Waals surface area contributed by atoms with Gasteiger partial charge in [-0.2, -0.15) is 5.10 Å². The van der Waals surface area contributed by atoms with Crippen molar-refractivity contribution in [2.75, 3.05) is 13.6 Å². The molecule has 1 N–H and O–H groups in total. The Labute approximate surface area is 143 Å². The quantitative estimate of drug-likeness (QED) is 0.772. The zero-order valence-corrected chi connectivity index (χ0v) is 15.8. The molecule has 114 valence electrons. The first-order valence-corrected chi connectivity index (χ1v) is 8.75. The minimum Gasteiger partial charge on any atom is -0.319 e. The molecule has 2 aromatic rings. The molecule has 0 aliphatic rings. The number of halogens is 2. The predicted molar refractivity (Wildman–Crippen MR) is 94.8 cm³/mol. The molecule has 0 bridgehead atoms. The Morgan fingerprint density at radius 2 is 1.90 bits per heavy atom. The normalized spacial score (nSPS) is 12.6. The van der Waals surface area contributed by atoms with Crippen molar-refractivity contribution < 1.29 is 0 Å². The summed E-state index contributed by atoms with van der Waals surface area (Å²) in [6.45, 7) is 3.08. The largest absolute Gasteiger partial charge is 0.319 e. The summed E-state index contributed by atoms with van der Waals surface area (Å²) in [6.07, 6.45) is 1.91. The molecule has 0 spiro atoms. The van der Waals surface area contributed by atoms with Gasteiger partial charge in [-0.05, 0) is 53.5 Å². The summed E-state index contributed by atoms with van der Waals surface area (Å²) in [7, 11) is 4.03. The van der Waals surface area contributed by atoms with Crippen LogP contribution in [0.15, 0.2) is 33.2 Å². The van der Waals surface area contributed by atoms with Crippen LogP contribution in [-0.2, 0) is 19.9 Å². The Morgan fingerprint density at radius 3 is 2.43 bits per heavy atom. The molecule has 21 heavy (non-hydrogen) atoms. The number of nitrogens with one attached hydrogen (secondary N) is 1. The number of hydrogen-bond acceptors (Lipinski definition) is 2. The van der Waals surface area contributed by atoms with E-state index in [2.05, 4.69) is 73.5 Å². The second-order valence-corrected chi connectivity index (χ2v) is 6.90. The van der Waals surface area contributed by atoms with Crippen LogP contribution in [-0.4, -0.2) is 23.4 Å². The van der Waals surface area contributed by atoms with E-state index < -0.39 is 0 Å². The van der Waals surface area contributed by atoms with Crippen molar-refractivity contribution in [1.29, 1.82) is 0 Å². The Balaban J connectivity index is 2.28. The van der Waals surface area contributed by atoms with E-state index in [1.165, 1.54) is 11.3 Å². The lowest BCUT2D eigenvalue weighted by Crippen LogP contribution is -2.20. The van der Waals surface area contributed by atoms with Gasteiger partial charge >= 0.3 is 0 Å². The number of benzene rings is 1. The van der Waals surface area contributed by atoms with E-state index in [0.29, 0.717) is 5.92 Å². The van der Waals surface area contributed by atoms with Crippen LogP contribution in [0.4, 0.5) is 0 Å². The van der Waals surface area contributed by atoms with Gasteiger partial charge in [0, 0.05) is 24.0 Å². The van der Waals surface area contributed by atoms with Crippen LogP contribution in [0.25, 0.3) is 0 Å². The van der Waals surface area contributed by atoms with Crippen LogP contribution >= 0.6 is 31.9 Å². The molecular weight excluding hydrogens is 394 g/mol. The first-order chi connectivity index (χ1) is 10.1. The lowest BCUT2D eigenvalue weighted by Gasteiger charge is -2.18. The highest BCUT2D eigenvalue weighted by atomic mass is 79.9. The Hall–Kier alpha value is -0.650. The van der Waals surface area contributed by atoms with Gasteiger partial charge in [-0.1, -0.05) is 35.0 Å². The van der Waals surface area contributed by atoms with E-state index in [-0.39, 0.29) is 0 Å². The van der Waals surface area contributed by atoms with Crippen LogP contribution in [0.5, 0.6) is 0 Å². The highest BCUT2D eigenvalue weighted by Gasteiger charge is 2.18. The van der Waals surface area contributed by atoms with Crippen LogP contribution in [0.1, 0.15) is 29.8 Å². The van der Waals surface area contributed by atoms with Crippen molar-refractivity contribution in [3.8, 4) is 0 Å². The monoisotopic (exact) mass is 413 g/mol. The van der Waals surface area contributed by atoms with Crippen LogP contribution in [0.2, 0.25) is 0 Å². The number of likely N-dealkylation sites (N-methyl/N-ethyl adjacent to an activating group) is 1. The average molecular weight is 415 g/mol. The maximum absolute atomic E-state index is 4.59. The molecule has 1 aromatic carbocycles. The molecule has 0 saturated carbocycles. The van der Waals surface area contributed by atoms with Crippen molar-refractivity contribution in [3.63, 3.8) is 0 Å². The summed E-state index contributed by atoms with van der Waals surface area (Å²) < 4.78 is 4.28. The first kappa shape index (κ1) is 16.7. The van der Waals surface area contributed by atoms with Crippen molar-refractivity contribution in [2.24, 2.45) is 7.05 Å². The lowest BCUT2D eigenvalue weighted by molar-refractivity contribution is 0.589. The maximum Gasteiger partial charge on any atom is 0.0766 e. The zero-order chi connectivity index (χ0) is 15.4. The van der Waals surface area contributed by atoms with E-state index in [1.807, 2.05) is 18.8 Å². The van der Waals surface area contributed by atoms with Gasteiger partial charge in [-0.15, -0.1) is 0 Å². The van der Waals surface area contributed by atoms with E-state index in [0.717, 1.165) is 34.0 Å². The lowest BCUT2D eigenvalue weighted by atomic mass is 9.94. The minimum atomic E-state index is 0.430. The average Bonchev–Trinajstić information content (AvgIpc) is 2.75. The Bertz CT molecular complexity index is 590. The van der Waals surface area contributed by atoms with Gasteiger partial charge in [0.15, 0.2) is 0 Å². The third kappa shape index (κ3) is 3.96. The van der Waals surface area contributed by atoms with Crippen molar-refractivity contribution in [1.82, 2.24) is 15.1 Å². The maximum atomic E-state index is 4.59. The second-order valence-electron chi connectivity index (χ2n) is 5.19. The summed E-state index contributed by atoms with van der Waals surface area (Å²) in [5, 5.41) is 7.90. The van der Waals surface area contributed by atoms with Crippen molar-refractivity contribution >= 4 is 31.9 Å². The van der Waals surface area contributed by atoms with Gasteiger partial charge in [-0.3, -0.25) is 4.68 Å². The molecular formula is C16H21Br2N3. The van der Waals surface area contributed by atoms with Gasteiger partial charge in [0.25, 0.3) is 0 Å². The van der Waals surface area contributed by atoms with Crippen LogP contribution in [0, 0.1) is 0 Å². The van der Waals surface area contributed by atoms with E-state index in [9.17, 15) is 0 Å². The molecule has 0 aliphatic carbocycles. The van der Waals surface area contributed by atoms with Gasteiger partial charge in [-0.25, -0.2) is 0 Å². The number of aryl methyl sites for hydroxylation is 2. The van der Waals surface area contributed by atoms with Gasteiger partial charge < -0.3 is 5.32 Å². The molecule has 0 saturated heterocycles. The molecule has 0 aliphatic heterocycles. The van der Waals surface area contributed by atoms with Gasteiger partial charge in [0.2, 0.25) is 0 Å². The standard InChI is InChI=1S/C16H21Br2N3/c1-4-14-16(18)15(21(3)20-14)9-12(10-19-2)11-5-7-13(17)8-6-11/h5-8,12,19H,4,9-10H2,1-3H3. The molecule has 1 aromatic heterocycles. The van der Waals surface area contributed by atoms with Crippen molar-refractivity contribution in [3.05, 3.63) is 50.2 Å². The van der Waals surface area contributed by atoms with E-state index in [1.54, 1.807) is 0 Å². The third-order valence-corrected chi connectivity index (χ3v) is 5.18. The number of rotatable bonds is 6. The van der Waals surface area contributed by atoms with E-state index >= 15 is 0 Å². The molecule has 1 heterocycles. The molecule has 5 heteroatoms. The number of nitrogens with zero attached hydrogens (tertiary/aromatic N) is 2. The third-order valence-electron chi connectivity index (χ3n) is 3.73. The summed E-state index contributed by atoms with van der Waals surface area (Å²) >= 11 is 7.21. The second kappa shape index (κ2) is 7.56. The smallest absolute Gasteiger partial charge is 0.0766 e. The molecule has 1 atom stereocenters. The van der Waals surface area contributed by atoms with Crippen LogP contribution < -0.4 is 5.32 Å². The summed E-state index contributed by atoms with van der Waals surface area (Å²) in [5.41, 5.74) is 3.74. The molecule has 3 nitrogen and oxygen atoms in total. The first-order valence-electron chi connectivity index (χ1n) is 7.17. The topological polar surface area (TPSA) is 29.9 Å². The molecule has 1 unspecified atom stereocenters. The zero-order valence-electron chi connectivity index (χ0n) is 12.7. The summed E-state index contributed by atoms with van der Waals surface area (Å²) in [4.78, 5) is 0. The fourth-order valence-electron chi connectivity index (χ4n) is 2.56. The number of aromatic nitrogens is 2. The highest BCUT2D eigenvalue weighted by Crippen LogP contribution is 2.28. The fourth-order valence-corrected chi connectivity index (χ4v) is 3.61. The Kier molecular flexibility index (Phi) is 6.02. The molecule has 0 radical (unpaired) electrons. The molecule has 0 amide bonds. The SMILES string of the molecule is CCc1nn(C)c(CC(CNC)c2ccc(Br)cc2)c1Br. The number of hydrogen-bond donors (Lipinski definition) is 1. The minimum absolute atomic E-state index is 0.430. The predicted octanol–water partition coefficient (Wildman–Crippen LogP) is 4.05. The summed E-state index contributed by atoms with van der Waals surface area (Å²) in [6, 6.07) is 8.59. The van der Waals surface area contributed by atoms with Gasteiger partial charge in [0.05, 0.1) is 15.9 Å². The molecule has 2 rings (SSSR count). The highest BCUT2D eigenvalue weighted by molar-refractivity contribution is 9.10. The van der Waals surface area contributed by atoms with Crippen LogP contribution in [0.3, 0.4) is 0 Å². The van der Waals surface area contributed by atoms with E-state index in [4.69, 9.17) is 0 Å². The summed E-state index contributed by atoms with van der Waals surface area (Å²) in [5.74, 6) is 0.430. The molecule has 0 fully saturated rings.